The van der Waals surface area contributed by atoms with Crippen molar-refractivity contribution in [3.63, 3.8) is 0 Å². The summed E-state index contributed by atoms with van der Waals surface area (Å²) in [6, 6.07) is 0. The summed E-state index contributed by atoms with van der Waals surface area (Å²) in [5, 5.41) is 16.6. The van der Waals surface area contributed by atoms with E-state index in [1.165, 1.54) is 6.08 Å². The van der Waals surface area contributed by atoms with Gasteiger partial charge in [-0.3, -0.25) is 0 Å². The van der Waals surface area contributed by atoms with Crippen LogP contribution in [0.1, 0.15) is 19.8 Å². The van der Waals surface area contributed by atoms with Gasteiger partial charge in [-0.25, -0.2) is 9.59 Å². The van der Waals surface area contributed by atoms with E-state index >= 15 is 0 Å². The van der Waals surface area contributed by atoms with Crippen molar-refractivity contribution in [3.05, 3.63) is 11.6 Å². The van der Waals surface area contributed by atoms with Crippen molar-refractivity contribution in [2.24, 2.45) is 0 Å². The topological polar surface area (TPSA) is 74.6 Å². The molecule has 0 atom stereocenters. The fourth-order valence-electron chi connectivity index (χ4n) is 0.555. The van der Waals surface area contributed by atoms with E-state index in [1.807, 2.05) is 6.92 Å². The summed E-state index contributed by atoms with van der Waals surface area (Å²) in [7, 11) is 0. The van der Waals surface area contributed by atoms with Crippen LogP contribution >= 0.6 is 0 Å². The van der Waals surface area contributed by atoms with Crippen molar-refractivity contribution in [1.29, 1.82) is 0 Å². The van der Waals surface area contributed by atoms with Crippen molar-refractivity contribution in [2.75, 3.05) is 0 Å². The second kappa shape index (κ2) is 6.88. The predicted molar refractivity (Wildman–Crippen MR) is 38.3 cm³/mol. The van der Waals surface area contributed by atoms with Crippen LogP contribution in [0.4, 0.5) is 0 Å². The Bertz CT molecular complexity index is 182. The number of unbranched alkanes of at least 4 members (excludes halogenated alkanes) is 1. The van der Waals surface area contributed by atoms with Gasteiger partial charge in [0.05, 0.1) is 0 Å². The summed E-state index contributed by atoms with van der Waals surface area (Å²) in [6.07, 6.45) is 2.43. The summed E-state index contributed by atoms with van der Waals surface area (Å²) < 4.78 is 0. The molecule has 0 aromatic heterocycles. The Hall–Kier alpha value is -0.801. The second-order valence-corrected chi connectivity index (χ2v) is 2.02. The van der Waals surface area contributed by atoms with E-state index in [0.29, 0.717) is 6.42 Å². The number of carbonyl (C=O) groups is 2. The standard InChI is InChI=1S/C7H10O4.Cu/c1-2-3-4-5(6(8)9)7(10)11;/h4H,2-3H2,1H3,(H,8,9)(H,10,11);. The first-order valence-corrected chi connectivity index (χ1v) is 3.26. The van der Waals surface area contributed by atoms with E-state index in [2.05, 4.69) is 0 Å². The van der Waals surface area contributed by atoms with Gasteiger partial charge in [0.1, 0.15) is 5.57 Å². The smallest absolute Gasteiger partial charge is 0.342 e. The van der Waals surface area contributed by atoms with Crippen LogP contribution in [0.25, 0.3) is 0 Å². The number of hydrogen-bond donors (Lipinski definition) is 2. The first-order chi connectivity index (χ1) is 5.09. The molecule has 0 aliphatic heterocycles. The van der Waals surface area contributed by atoms with Crippen LogP contribution in [0.5, 0.6) is 0 Å². The molecule has 0 saturated carbocycles. The molecule has 0 saturated heterocycles. The zero-order valence-corrected chi connectivity index (χ0v) is 7.45. The summed E-state index contributed by atoms with van der Waals surface area (Å²) in [5.74, 6) is -2.77. The predicted octanol–water partition coefficient (Wildman–Crippen LogP) is 0.880. The maximum Gasteiger partial charge on any atom is 0.342 e. The molecule has 0 unspecified atom stereocenters. The molecule has 0 fully saturated rings. The Balaban J connectivity index is 0. The minimum atomic E-state index is -1.38. The van der Waals surface area contributed by atoms with Gasteiger partial charge in [-0.05, 0) is 6.42 Å². The van der Waals surface area contributed by atoms with Gasteiger partial charge in [-0.1, -0.05) is 19.4 Å². The molecule has 4 nitrogen and oxygen atoms in total. The minimum absolute atomic E-state index is 0. The molecule has 0 amide bonds. The largest absolute Gasteiger partial charge is 0.477 e. The molecule has 2 N–H and O–H groups in total. The van der Waals surface area contributed by atoms with Crippen LogP contribution in [0.3, 0.4) is 0 Å². The molecule has 73 valence electrons. The van der Waals surface area contributed by atoms with Crippen molar-refractivity contribution >= 4 is 11.9 Å². The van der Waals surface area contributed by atoms with Gasteiger partial charge in [-0.2, -0.15) is 0 Å². The van der Waals surface area contributed by atoms with Crippen LogP contribution in [-0.2, 0) is 26.7 Å². The Morgan fingerprint density at radius 2 is 1.67 bits per heavy atom. The first-order valence-electron chi connectivity index (χ1n) is 3.26. The summed E-state index contributed by atoms with van der Waals surface area (Å²) in [6.45, 7) is 1.85. The maximum atomic E-state index is 10.2. The third kappa shape index (κ3) is 4.93. The van der Waals surface area contributed by atoms with Gasteiger partial charge < -0.3 is 10.2 Å². The van der Waals surface area contributed by atoms with Crippen molar-refractivity contribution < 1.29 is 36.9 Å². The Kier molecular flexibility index (Phi) is 7.90. The average Bonchev–Trinajstić information content (AvgIpc) is 1.87. The minimum Gasteiger partial charge on any atom is -0.477 e. The maximum absolute atomic E-state index is 10.2. The van der Waals surface area contributed by atoms with Crippen molar-refractivity contribution in [1.82, 2.24) is 0 Å². The van der Waals surface area contributed by atoms with Crippen molar-refractivity contribution in [2.45, 2.75) is 19.8 Å². The molecule has 0 aromatic rings. The zero-order chi connectivity index (χ0) is 8.85. The molecule has 0 aliphatic rings. The fourth-order valence-corrected chi connectivity index (χ4v) is 0.555. The van der Waals surface area contributed by atoms with Gasteiger partial charge in [0.25, 0.3) is 0 Å². The van der Waals surface area contributed by atoms with Crippen LogP contribution in [-0.4, -0.2) is 22.2 Å². The van der Waals surface area contributed by atoms with Crippen molar-refractivity contribution in [3.8, 4) is 0 Å². The molecular formula is C7H10CuO4. The number of rotatable bonds is 4. The molecule has 0 bridgehead atoms. The molecule has 0 rings (SSSR count). The average molecular weight is 222 g/mol. The molecule has 12 heavy (non-hydrogen) atoms. The molecule has 0 spiro atoms. The molecule has 0 aliphatic carbocycles. The normalized spacial score (nSPS) is 8.08. The number of aliphatic carboxylic acids is 2. The Labute approximate surface area is 80.7 Å². The molecular weight excluding hydrogens is 212 g/mol. The quantitative estimate of drug-likeness (QED) is 0.320. The van der Waals surface area contributed by atoms with E-state index in [0.717, 1.165) is 6.42 Å². The molecule has 5 heteroatoms. The van der Waals surface area contributed by atoms with Crippen LogP contribution < -0.4 is 0 Å². The van der Waals surface area contributed by atoms with Gasteiger partial charge in [-0.15, -0.1) is 0 Å². The Morgan fingerprint density at radius 3 is 1.92 bits per heavy atom. The number of carboxylic acids is 2. The summed E-state index contributed by atoms with van der Waals surface area (Å²) >= 11 is 0. The third-order valence-corrected chi connectivity index (χ3v) is 1.10. The number of hydrogen-bond acceptors (Lipinski definition) is 2. The summed E-state index contributed by atoms with van der Waals surface area (Å²) in [4.78, 5) is 20.4. The van der Waals surface area contributed by atoms with E-state index in [1.54, 1.807) is 0 Å². The Morgan fingerprint density at radius 1 is 1.25 bits per heavy atom. The van der Waals surface area contributed by atoms with Crippen LogP contribution in [0.15, 0.2) is 11.6 Å². The fraction of sp³-hybridized carbons (Fsp3) is 0.429. The van der Waals surface area contributed by atoms with Gasteiger partial charge in [0.2, 0.25) is 0 Å². The van der Waals surface area contributed by atoms with E-state index in [-0.39, 0.29) is 17.1 Å². The zero-order valence-electron chi connectivity index (χ0n) is 6.50. The summed E-state index contributed by atoms with van der Waals surface area (Å²) in [5.41, 5.74) is -0.549. The van der Waals surface area contributed by atoms with Crippen LogP contribution in [0, 0.1) is 0 Å². The van der Waals surface area contributed by atoms with Gasteiger partial charge in [0.15, 0.2) is 0 Å². The molecule has 0 heterocycles. The molecule has 0 aromatic carbocycles. The van der Waals surface area contributed by atoms with E-state index < -0.39 is 17.5 Å². The number of carboxylic acid groups (broad SMARTS) is 2. The van der Waals surface area contributed by atoms with E-state index in [9.17, 15) is 9.59 Å². The number of allylic oxidation sites excluding steroid dienone is 1. The monoisotopic (exact) mass is 221 g/mol. The van der Waals surface area contributed by atoms with E-state index in [4.69, 9.17) is 10.2 Å². The second-order valence-electron chi connectivity index (χ2n) is 2.02. The molecule has 1 radical (unpaired) electrons. The third-order valence-electron chi connectivity index (χ3n) is 1.10. The first kappa shape index (κ1) is 13.8. The van der Waals surface area contributed by atoms with Gasteiger partial charge in [0, 0.05) is 17.1 Å². The SMILES string of the molecule is CCCC=C(C(=O)O)C(=O)O.[Cu]. The van der Waals surface area contributed by atoms with Crippen LogP contribution in [0.2, 0.25) is 0 Å². The van der Waals surface area contributed by atoms with Gasteiger partial charge >= 0.3 is 11.9 Å².